The van der Waals surface area contributed by atoms with E-state index in [1.54, 1.807) is 20.3 Å². The first kappa shape index (κ1) is 21.6. The van der Waals surface area contributed by atoms with Crippen molar-refractivity contribution in [3.63, 3.8) is 0 Å². The van der Waals surface area contributed by atoms with E-state index in [0.29, 0.717) is 22.6 Å². The number of pyridine rings is 2. The average molecular weight is 464 g/mol. The van der Waals surface area contributed by atoms with Crippen LogP contribution in [0.3, 0.4) is 0 Å². The van der Waals surface area contributed by atoms with Crippen LogP contribution in [-0.2, 0) is 6.54 Å². The maximum Gasteiger partial charge on any atom is 0.141 e. The van der Waals surface area contributed by atoms with Crippen LogP contribution in [0.5, 0.6) is 11.5 Å². The van der Waals surface area contributed by atoms with E-state index in [-0.39, 0.29) is 0 Å². The van der Waals surface area contributed by atoms with Crippen LogP contribution in [-0.4, -0.2) is 47.7 Å². The summed E-state index contributed by atoms with van der Waals surface area (Å²) in [6.45, 7) is 2.84. The summed E-state index contributed by atoms with van der Waals surface area (Å²) < 4.78 is 12.9. The second kappa shape index (κ2) is 9.29. The molecular formula is C25H26ClN5O2. The molecule has 1 saturated heterocycles. The Morgan fingerprint density at radius 2 is 1.91 bits per heavy atom. The molecule has 1 aliphatic rings. The molecule has 0 spiro atoms. The fraction of sp³-hybridized carbons (Fsp3) is 0.280. The maximum absolute atomic E-state index is 6.37. The lowest BCUT2D eigenvalue weighted by molar-refractivity contribution is 0.395. The Kier molecular flexibility index (Phi) is 6.07. The minimum absolute atomic E-state index is 0.454. The van der Waals surface area contributed by atoms with Gasteiger partial charge in [0.1, 0.15) is 17.1 Å². The lowest BCUT2D eigenvalue weighted by atomic mass is 10.1. The Labute approximate surface area is 197 Å². The molecule has 33 heavy (non-hydrogen) atoms. The van der Waals surface area contributed by atoms with Crippen LogP contribution in [0.1, 0.15) is 12.0 Å². The monoisotopic (exact) mass is 463 g/mol. The maximum atomic E-state index is 6.37. The predicted octanol–water partition coefficient (Wildman–Crippen LogP) is 4.44. The van der Waals surface area contributed by atoms with E-state index in [1.807, 2.05) is 29.1 Å². The van der Waals surface area contributed by atoms with E-state index in [1.165, 1.54) is 11.3 Å². The molecule has 7 nitrogen and oxygen atoms in total. The number of aromatic nitrogens is 3. The van der Waals surface area contributed by atoms with Crippen molar-refractivity contribution in [2.75, 3.05) is 32.2 Å². The summed E-state index contributed by atoms with van der Waals surface area (Å²) in [4.78, 5) is 11.3. The summed E-state index contributed by atoms with van der Waals surface area (Å²) in [5.41, 5.74) is 4.93. The van der Waals surface area contributed by atoms with Crippen LogP contribution in [0, 0.1) is 0 Å². The van der Waals surface area contributed by atoms with Crippen molar-refractivity contribution in [2.45, 2.75) is 19.0 Å². The third-order valence-electron chi connectivity index (χ3n) is 6.09. The van der Waals surface area contributed by atoms with Crippen molar-refractivity contribution in [3.05, 3.63) is 71.8 Å². The fourth-order valence-electron chi connectivity index (χ4n) is 4.28. The number of anilines is 1. The minimum atomic E-state index is 0.454. The third-order valence-corrected chi connectivity index (χ3v) is 6.39. The van der Waals surface area contributed by atoms with Crippen LogP contribution in [0.4, 0.5) is 5.69 Å². The highest BCUT2D eigenvalue weighted by Crippen LogP contribution is 2.38. The van der Waals surface area contributed by atoms with Gasteiger partial charge in [-0.1, -0.05) is 11.6 Å². The zero-order valence-electron chi connectivity index (χ0n) is 18.7. The van der Waals surface area contributed by atoms with Crippen LogP contribution >= 0.6 is 11.6 Å². The first-order valence-electron chi connectivity index (χ1n) is 10.9. The van der Waals surface area contributed by atoms with Gasteiger partial charge in [0.05, 0.1) is 24.9 Å². The summed E-state index contributed by atoms with van der Waals surface area (Å²) >= 11 is 6.37. The van der Waals surface area contributed by atoms with E-state index in [0.717, 1.165) is 43.0 Å². The SMILES string of the molecule is COc1cc(OC)c(-c2cn3ccc(N4CC[C@H](NCc5ccncc5)C4)cc3n2)cc1Cl. The summed E-state index contributed by atoms with van der Waals surface area (Å²) in [6.07, 6.45) is 8.82. The summed E-state index contributed by atoms with van der Waals surface area (Å²) in [5.74, 6) is 1.24. The van der Waals surface area contributed by atoms with Crippen molar-refractivity contribution in [3.8, 4) is 22.8 Å². The smallest absolute Gasteiger partial charge is 0.141 e. The van der Waals surface area contributed by atoms with Gasteiger partial charge in [-0.15, -0.1) is 0 Å². The number of imidazole rings is 1. The number of methoxy groups -OCH3 is 2. The number of fused-ring (bicyclic) bond motifs is 1. The van der Waals surface area contributed by atoms with Gasteiger partial charge < -0.3 is 24.1 Å². The molecule has 0 radical (unpaired) electrons. The molecule has 8 heteroatoms. The Morgan fingerprint density at radius 3 is 2.70 bits per heavy atom. The van der Waals surface area contributed by atoms with Gasteiger partial charge in [-0.3, -0.25) is 4.98 Å². The Hall–Kier alpha value is -3.29. The second-order valence-electron chi connectivity index (χ2n) is 8.13. The largest absolute Gasteiger partial charge is 0.496 e. The van der Waals surface area contributed by atoms with E-state index in [9.17, 15) is 0 Å². The first-order chi connectivity index (χ1) is 16.1. The zero-order chi connectivity index (χ0) is 22.8. The van der Waals surface area contributed by atoms with Crippen molar-refractivity contribution in [1.29, 1.82) is 0 Å². The van der Waals surface area contributed by atoms with E-state index >= 15 is 0 Å². The number of halogens is 1. The van der Waals surface area contributed by atoms with Crippen LogP contribution in [0.15, 0.2) is 61.2 Å². The molecule has 0 unspecified atom stereocenters. The molecule has 4 heterocycles. The highest BCUT2D eigenvalue weighted by molar-refractivity contribution is 6.32. The number of hydrogen-bond acceptors (Lipinski definition) is 6. The highest BCUT2D eigenvalue weighted by atomic mass is 35.5. The normalized spacial score (nSPS) is 15.8. The van der Waals surface area contributed by atoms with E-state index < -0.39 is 0 Å². The second-order valence-corrected chi connectivity index (χ2v) is 8.54. The standard InChI is InChI=1S/C25H26ClN5O2/c1-32-23-13-24(33-2)21(26)12-20(23)22-16-31-10-6-19(11-25(31)29-22)30-9-5-18(15-30)28-14-17-3-7-27-8-4-17/h3-4,6-8,10-13,16,18,28H,5,9,14-15H2,1-2H3/t18-/m0/s1. The van der Waals surface area contributed by atoms with Gasteiger partial charge in [-0.25, -0.2) is 4.98 Å². The Bertz CT molecular complexity index is 1260. The molecule has 5 rings (SSSR count). The van der Waals surface area contributed by atoms with Crippen molar-refractivity contribution < 1.29 is 9.47 Å². The lowest BCUT2D eigenvalue weighted by Crippen LogP contribution is -2.32. The topological polar surface area (TPSA) is 63.9 Å². The minimum Gasteiger partial charge on any atom is -0.496 e. The van der Waals surface area contributed by atoms with E-state index in [4.69, 9.17) is 26.1 Å². The first-order valence-corrected chi connectivity index (χ1v) is 11.3. The van der Waals surface area contributed by atoms with Gasteiger partial charge in [0.25, 0.3) is 0 Å². The molecule has 3 aromatic heterocycles. The van der Waals surface area contributed by atoms with Crippen LogP contribution in [0.2, 0.25) is 5.02 Å². The molecule has 1 aliphatic heterocycles. The Morgan fingerprint density at radius 1 is 1.09 bits per heavy atom. The lowest BCUT2D eigenvalue weighted by Gasteiger charge is -2.19. The van der Waals surface area contributed by atoms with Gasteiger partial charge in [-0.2, -0.15) is 0 Å². The molecule has 1 aromatic carbocycles. The molecular weight excluding hydrogens is 438 g/mol. The molecule has 1 atom stereocenters. The van der Waals surface area contributed by atoms with Crippen LogP contribution in [0.25, 0.3) is 16.9 Å². The molecule has 1 N–H and O–H groups in total. The average Bonchev–Trinajstić information content (AvgIpc) is 3.50. The van der Waals surface area contributed by atoms with Gasteiger partial charge in [-0.05, 0) is 36.2 Å². The Balaban J connectivity index is 1.33. The quantitative estimate of drug-likeness (QED) is 0.437. The summed E-state index contributed by atoms with van der Waals surface area (Å²) in [5, 5.41) is 4.18. The summed E-state index contributed by atoms with van der Waals surface area (Å²) in [7, 11) is 3.22. The van der Waals surface area contributed by atoms with Gasteiger partial charge in [0.15, 0.2) is 0 Å². The fourth-order valence-corrected chi connectivity index (χ4v) is 4.52. The van der Waals surface area contributed by atoms with E-state index in [2.05, 4.69) is 45.7 Å². The van der Waals surface area contributed by atoms with Crippen molar-refractivity contribution >= 4 is 22.9 Å². The van der Waals surface area contributed by atoms with Gasteiger partial charge >= 0.3 is 0 Å². The number of rotatable bonds is 7. The van der Waals surface area contributed by atoms with Crippen molar-refractivity contribution in [1.82, 2.24) is 19.7 Å². The summed E-state index contributed by atoms with van der Waals surface area (Å²) in [6, 6.07) is 12.4. The molecule has 0 aliphatic carbocycles. The van der Waals surface area contributed by atoms with Crippen molar-refractivity contribution in [2.24, 2.45) is 0 Å². The number of nitrogens with zero attached hydrogens (tertiary/aromatic N) is 4. The van der Waals surface area contributed by atoms with Crippen LogP contribution < -0.4 is 19.7 Å². The molecule has 0 amide bonds. The number of ether oxygens (including phenoxy) is 2. The molecule has 0 saturated carbocycles. The molecule has 0 bridgehead atoms. The van der Waals surface area contributed by atoms with Gasteiger partial charge in [0.2, 0.25) is 0 Å². The number of benzene rings is 1. The van der Waals surface area contributed by atoms with Gasteiger partial charge in [0, 0.05) is 73.8 Å². The third kappa shape index (κ3) is 4.47. The molecule has 170 valence electrons. The number of hydrogen-bond donors (Lipinski definition) is 1. The number of nitrogens with one attached hydrogen (secondary N) is 1. The highest BCUT2D eigenvalue weighted by Gasteiger charge is 2.23. The molecule has 1 fully saturated rings. The zero-order valence-corrected chi connectivity index (χ0v) is 19.4. The predicted molar refractivity (Wildman–Crippen MR) is 130 cm³/mol. The molecule has 4 aromatic rings.